The predicted molar refractivity (Wildman–Crippen MR) is 90.9 cm³/mol. The van der Waals surface area contributed by atoms with Crippen LogP contribution in [0.25, 0.3) is 0 Å². The van der Waals surface area contributed by atoms with Crippen molar-refractivity contribution in [3.63, 3.8) is 0 Å². The van der Waals surface area contributed by atoms with Gasteiger partial charge < -0.3 is 9.42 Å². The molecule has 0 bridgehead atoms. The molecule has 0 saturated carbocycles. The lowest BCUT2D eigenvalue weighted by Gasteiger charge is -2.34. The fraction of sp³-hybridized carbons (Fsp3) is 0.474. The van der Waals surface area contributed by atoms with E-state index in [1.807, 2.05) is 24.0 Å². The van der Waals surface area contributed by atoms with Crippen molar-refractivity contribution in [2.45, 2.75) is 32.7 Å². The van der Waals surface area contributed by atoms with E-state index in [1.165, 1.54) is 17.5 Å². The van der Waals surface area contributed by atoms with E-state index in [1.54, 1.807) is 0 Å². The number of carbonyl (C=O) groups is 1. The van der Waals surface area contributed by atoms with E-state index in [0.29, 0.717) is 0 Å². The van der Waals surface area contributed by atoms with E-state index in [-0.39, 0.29) is 5.91 Å². The molecule has 2 aliphatic rings. The maximum atomic E-state index is 12.7. The van der Waals surface area contributed by atoms with E-state index < -0.39 is 0 Å². The highest BCUT2D eigenvalue weighted by Crippen LogP contribution is 2.23. The van der Waals surface area contributed by atoms with Gasteiger partial charge in [0.25, 0.3) is 5.91 Å². The molecular formula is C19H23N3O2. The second-order valence-electron chi connectivity index (χ2n) is 6.84. The first-order chi connectivity index (χ1) is 11.7. The number of hydrogen-bond donors (Lipinski definition) is 0. The summed E-state index contributed by atoms with van der Waals surface area (Å²) >= 11 is 0. The van der Waals surface area contributed by atoms with Gasteiger partial charge in [-0.2, -0.15) is 0 Å². The van der Waals surface area contributed by atoms with E-state index in [9.17, 15) is 4.79 Å². The van der Waals surface area contributed by atoms with Crippen molar-refractivity contribution in [1.82, 2.24) is 15.0 Å². The minimum atomic E-state index is 0.167. The van der Waals surface area contributed by atoms with Crippen molar-refractivity contribution in [3.8, 4) is 0 Å². The van der Waals surface area contributed by atoms with Gasteiger partial charge in [-0.15, -0.1) is 0 Å². The number of rotatable bonds is 3. The maximum absolute atomic E-state index is 12.7. The highest BCUT2D eigenvalue weighted by atomic mass is 16.5. The Kier molecular flexibility index (Phi) is 4.10. The Bertz CT molecular complexity index is 745. The predicted octanol–water partition coefficient (Wildman–Crippen LogP) is 2.43. The second-order valence-corrected chi connectivity index (χ2v) is 6.84. The van der Waals surface area contributed by atoms with Gasteiger partial charge in [0.05, 0.1) is 12.2 Å². The summed E-state index contributed by atoms with van der Waals surface area (Å²) in [6.45, 7) is 5.97. The monoisotopic (exact) mass is 325 g/mol. The summed E-state index contributed by atoms with van der Waals surface area (Å²) in [5.74, 6) is 1.06. The number of aromatic nitrogens is 1. The van der Waals surface area contributed by atoms with Crippen LogP contribution in [0.3, 0.4) is 0 Å². The van der Waals surface area contributed by atoms with Crippen molar-refractivity contribution in [2.24, 2.45) is 0 Å². The smallest absolute Gasteiger partial charge is 0.253 e. The summed E-state index contributed by atoms with van der Waals surface area (Å²) < 4.78 is 5.28. The molecule has 1 fully saturated rings. The van der Waals surface area contributed by atoms with Crippen molar-refractivity contribution < 1.29 is 9.32 Å². The zero-order valence-corrected chi connectivity index (χ0v) is 14.1. The summed E-state index contributed by atoms with van der Waals surface area (Å²) in [6, 6.07) is 8.21. The molecule has 1 saturated heterocycles. The van der Waals surface area contributed by atoms with Crippen LogP contribution >= 0.6 is 0 Å². The molecule has 1 aromatic heterocycles. The van der Waals surface area contributed by atoms with E-state index >= 15 is 0 Å². The number of carbonyl (C=O) groups excluding carboxylic acids is 1. The lowest BCUT2D eigenvalue weighted by Crippen LogP contribution is -2.48. The molecule has 24 heavy (non-hydrogen) atoms. The van der Waals surface area contributed by atoms with E-state index in [2.05, 4.69) is 22.2 Å². The first kappa shape index (κ1) is 15.4. The molecule has 0 unspecified atom stereocenters. The minimum absolute atomic E-state index is 0.167. The Balaban J connectivity index is 1.36. The molecule has 1 aromatic carbocycles. The molecule has 0 atom stereocenters. The molecule has 126 valence electrons. The van der Waals surface area contributed by atoms with Crippen molar-refractivity contribution >= 4 is 5.91 Å². The van der Waals surface area contributed by atoms with Crippen LogP contribution in [0, 0.1) is 6.92 Å². The summed E-state index contributed by atoms with van der Waals surface area (Å²) in [6.07, 6.45) is 3.48. The molecule has 5 nitrogen and oxygen atoms in total. The third kappa shape index (κ3) is 3.08. The van der Waals surface area contributed by atoms with E-state index in [0.717, 1.165) is 62.6 Å². The summed E-state index contributed by atoms with van der Waals surface area (Å²) in [5.41, 5.74) is 4.53. The molecule has 0 spiro atoms. The number of hydrogen-bond acceptors (Lipinski definition) is 4. The number of fused-ring (bicyclic) bond motifs is 1. The fourth-order valence-electron chi connectivity index (χ4n) is 3.71. The highest BCUT2D eigenvalue weighted by Gasteiger charge is 2.24. The van der Waals surface area contributed by atoms with Gasteiger partial charge in [-0.1, -0.05) is 11.2 Å². The van der Waals surface area contributed by atoms with Crippen LogP contribution in [-0.4, -0.2) is 47.0 Å². The Labute approximate surface area is 142 Å². The van der Waals surface area contributed by atoms with Gasteiger partial charge in [0, 0.05) is 37.8 Å². The molecule has 4 rings (SSSR count). The summed E-state index contributed by atoms with van der Waals surface area (Å²) in [5, 5.41) is 3.93. The Hall–Kier alpha value is -2.14. The van der Waals surface area contributed by atoms with Crippen LogP contribution in [0.5, 0.6) is 0 Å². The third-order valence-corrected chi connectivity index (χ3v) is 5.06. The van der Waals surface area contributed by atoms with Crippen LogP contribution in [0.1, 0.15) is 39.4 Å². The first-order valence-electron chi connectivity index (χ1n) is 8.75. The molecule has 2 heterocycles. The van der Waals surface area contributed by atoms with Gasteiger partial charge in [0.2, 0.25) is 0 Å². The summed E-state index contributed by atoms with van der Waals surface area (Å²) in [7, 11) is 0. The highest BCUT2D eigenvalue weighted by molar-refractivity contribution is 5.94. The topological polar surface area (TPSA) is 49.6 Å². The quantitative estimate of drug-likeness (QED) is 0.870. The number of nitrogens with zero attached hydrogens (tertiary/aromatic N) is 3. The molecular weight excluding hydrogens is 302 g/mol. The van der Waals surface area contributed by atoms with E-state index in [4.69, 9.17) is 4.52 Å². The zero-order chi connectivity index (χ0) is 16.5. The lowest BCUT2D eigenvalue weighted by atomic mass is 10.1. The number of aryl methyl sites for hydroxylation is 3. The molecule has 5 heteroatoms. The SMILES string of the molecule is Cc1cc(CN2CCN(C(=O)c3ccc4c(c3)CCC4)CC2)on1. The Morgan fingerprint density at radius 2 is 1.92 bits per heavy atom. The lowest BCUT2D eigenvalue weighted by molar-refractivity contribution is 0.0617. The molecule has 1 aliphatic heterocycles. The van der Waals surface area contributed by atoms with Crippen LogP contribution in [-0.2, 0) is 19.4 Å². The fourth-order valence-corrected chi connectivity index (χ4v) is 3.71. The average Bonchev–Trinajstić information content (AvgIpc) is 3.23. The average molecular weight is 325 g/mol. The molecule has 1 amide bonds. The van der Waals surface area contributed by atoms with Crippen molar-refractivity contribution in [1.29, 1.82) is 0 Å². The van der Waals surface area contributed by atoms with Gasteiger partial charge in [-0.05, 0) is 49.4 Å². The first-order valence-corrected chi connectivity index (χ1v) is 8.75. The number of piperazine rings is 1. The van der Waals surface area contributed by atoms with Gasteiger partial charge >= 0.3 is 0 Å². The molecule has 0 N–H and O–H groups in total. The number of amides is 1. The van der Waals surface area contributed by atoms with Crippen LogP contribution in [0.15, 0.2) is 28.8 Å². The largest absolute Gasteiger partial charge is 0.360 e. The minimum Gasteiger partial charge on any atom is -0.360 e. The van der Waals surface area contributed by atoms with Gasteiger partial charge in [0.15, 0.2) is 5.76 Å². The Morgan fingerprint density at radius 1 is 1.12 bits per heavy atom. The van der Waals surface area contributed by atoms with Crippen LogP contribution in [0.2, 0.25) is 0 Å². The second kappa shape index (κ2) is 6.40. The standard InChI is InChI=1S/C19H23N3O2/c1-14-11-18(24-20-14)13-21-7-9-22(10-8-21)19(23)17-6-5-15-3-2-4-16(15)12-17/h5-6,11-12H,2-4,7-10,13H2,1H3. The van der Waals surface area contributed by atoms with Gasteiger partial charge in [-0.3, -0.25) is 9.69 Å². The van der Waals surface area contributed by atoms with Gasteiger partial charge in [0.1, 0.15) is 0 Å². The van der Waals surface area contributed by atoms with Crippen molar-refractivity contribution in [2.75, 3.05) is 26.2 Å². The number of benzene rings is 1. The van der Waals surface area contributed by atoms with Crippen LogP contribution < -0.4 is 0 Å². The molecule has 0 radical (unpaired) electrons. The Morgan fingerprint density at radius 3 is 2.67 bits per heavy atom. The zero-order valence-electron chi connectivity index (χ0n) is 14.1. The van der Waals surface area contributed by atoms with Gasteiger partial charge in [-0.25, -0.2) is 0 Å². The third-order valence-electron chi connectivity index (χ3n) is 5.06. The maximum Gasteiger partial charge on any atom is 0.253 e. The summed E-state index contributed by atoms with van der Waals surface area (Å²) in [4.78, 5) is 17.0. The van der Waals surface area contributed by atoms with Crippen LogP contribution in [0.4, 0.5) is 0 Å². The normalized spacial score (nSPS) is 18.0. The molecule has 1 aliphatic carbocycles. The molecule has 2 aromatic rings. The van der Waals surface area contributed by atoms with Crippen molar-refractivity contribution in [3.05, 3.63) is 52.4 Å².